The molecule has 0 amide bonds. The fourth-order valence-corrected chi connectivity index (χ4v) is 4.76. The topological polar surface area (TPSA) is 87.7 Å². The zero-order valence-electron chi connectivity index (χ0n) is 15.8. The minimum Gasteiger partial charge on any atom is -0.491 e. The van der Waals surface area contributed by atoms with Crippen molar-refractivity contribution in [2.45, 2.75) is 63.5 Å². The average Bonchev–Trinajstić information content (AvgIpc) is 2.58. The highest BCUT2D eigenvalue weighted by Crippen LogP contribution is 2.54. The van der Waals surface area contributed by atoms with E-state index in [9.17, 15) is 13.5 Å². The van der Waals surface area contributed by atoms with Gasteiger partial charge >= 0.3 is 0 Å². The van der Waals surface area contributed by atoms with Crippen molar-refractivity contribution in [3.05, 3.63) is 23.3 Å². The molecule has 7 heteroatoms. The molecule has 1 unspecified atom stereocenters. The second kappa shape index (κ2) is 7.74. The maximum absolute atomic E-state index is 11.7. The van der Waals surface area contributed by atoms with Crippen LogP contribution in [0.1, 0.15) is 62.5 Å². The van der Waals surface area contributed by atoms with Gasteiger partial charge in [-0.3, -0.25) is 4.72 Å². The zero-order valence-corrected chi connectivity index (χ0v) is 16.6. The molecule has 1 saturated carbocycles. The molecule has 3 N–H and O–H groups in total. The molecule has 1 aromatic carbocycles. The van der Waals surface area contributed by atoms with Crippen LogP contribution in [0.5, 0.6) is 5.75 Å². The lowest BCUT2D eigenvalue weighted by Gasteiger charge is -2.40. The van der Waals surface area contributed by atoms with E-state index in [1.165, 1.54) is 6.26 Å². The Morgan fingerprint density at radius 3 is 2.35 bits per heavy atom. The predicted octanol–water partition coefficient (Wildman–Crippen LogP) is 2.55. The molecule has 0 spiro atoms. The summed E-state index contributed by atoms with van der Waals surface area (Å²) in [4.78, 5) is 0. The van der Waals surface area contributed by atoms with Crippen molar-refractivity contribution in [3.8, 4) is 5.75 Å². The van der Waals surface area contributed by atoms with Gasteiger partial charge in [0.05, 0.1) is 11.9 Å². The number of aliphatic hydroxyl groups is 1. The van der Waals surface area contributed by atoms with Gasteiger partial charge in [0.15, 0.2) is 0 Å². The first kappa shape index (κ1) is 19.5. The SMILES string of the molecule is CC(C)NCC(O)COc1ccc(NS(C)(=O)=O)c2c1C1CCC2CC1. The Labute approximate surface area is 156 Å². The van der Waals surface area contributed by atoms with Crippen LogP contribution in [0.15, 0.2) is 12.1 Å². The van der Waals surface area contributed by atoms with Crippen molar-refractivity contribution < 1.29 is 18.3 Å². The molecule has 26 heavy (non-hydrogen) atoms. The highest BCUT2D eigenvalue weighted by molar-refractivity contribution is 7.92. The number of anilines is 1. The minimum absolute atomic E-state index is 0.225. The van der Waals surface area contributed by atoms with Crippen LogP contribution in [0.2, 0.25) is 0 Å². The summed E-state index contributed by atoms with van der Waals surface area (Å²) in [5.41, 5.74) is 2.93. The number of sulfonamides is 1. The molecule has 1 atom stereocenters. The van der Waals surface area contributed by atoms with E-state index < -0.39 is 16.1 Å². The van der Waals surface area contributed by atoms with E-state index >= 15 is 0 Å². The number of nitrogens with one attached hydrogen (secondary N) is 2. The third-order valence-corrected chi connectivity index (χ3v) is 5.87. The summed E-state index contributed by atoms with van der Waals surface area (Å²) in [6.45, 7) is 4.78. The number of fused-ring (bicyclic) bond motifs is 2. The average molecular weight is 383 g/mol. The van der Waals surface area contributed by atoms with Crippen LogP contribution in [-0.4, -0.2) is 45.1 Å². The number of aliphatic hydroxyl groups excluding tert-OH is 1. The Hall–Kier alpha value is -1.31. The summed E-state index contributed by atoms with van der Waals surface area (Å²) in [7, 11) is -3.32. The van der Waals surface area contributed by atoms with E-state index in [2.05, 4.69) is 10.0 Å². The quantitative estimate of drug-likeness (QED) is 0.643. The highest BCUT2D eigenvalue weighted by Gasteiger charge is 2.37. The molecule has 0 radical (unpaired) electrons. The van der Waals surface area contributed by atoms with Crippen LogP contribution in [-0.2, 0) is 10.0 Å². The largest absolute Gasteiger partial charge is 0.491 e. The third-order valence-electron chi connectivity index (χ3n) is 5.28. The Bertz CT molecular complexity index is 740. The first-order valence-corrected chi connectivity index (χ1v) is 11.3. The van der Waals surface area contributed by atoms with Crippen LogP contribution in [0.4, 0.5) is 5.69 Å². The fraction of sp³-hybridized carbons (Fsp3) is 0.684. The van der Waals surface area contributed by atoms with Crippen LogP contribution in [0.25, 0.3) is 0 Å². The Kier molecular flexibility index (Phi) is 5.79. The van der Waals surface area contributed by atoms with E-state index in [0.29, 0.717) is 30.1 Å². The van der Waals surface area contributed by atoms with Gasteiger partial charge in [-0.1, -0.05) is 13.8 Å². The monoisotopic (exact) mass is 382 g/mol. The summed E-state index contributed by atoms with van der Waals surface area (Å²) < 4.78 is 32.1. The van der Waals surface area contributed by atoms with Crippen molar-refractivity contribution in [1.29, 1.82) is 0 Å². The Balaban J connectivity index is 1.82. The van der Waals surface area contributed by atoms with Gasteiger partial charge in [0.2, 0.25) is 10.0 Å². The number of ether oxygens (including phenoxy) is 1. The summed E-state index contributed by atoms with van der Waals surface area (Å²) in [6.07, 6.45) is 5.04. The Morgan fingerprint density at radius 1 is 1.15 bits per heavy atom. The normalized spacial score (nSPS) is 23.0. The lowest BCUT2D eigenvalue weighted by molar-refractivity contribution is 0.103. The molecule has 0 saturated heterocycles. The Morgan fingerprint density at radius 2 is 1.77 bits per heavy atom. The van der Waals surface area contributed by atoms with Crippen molar-refractivity contribution in [2.24, 2.45) is 0 Å². The van der Waals surface area contributed by atoms with Crippen molar-refractivity contribution in [1.82, 2.24) is 5.32 Å². The molecule has 146 valence electrons. The van der Waals surface area contributed by atoms with Gasteiger partial charge in [0.1, 0.15) is 18.5 Å². The summed E-state index contributed by atoms with van der Waals surface area (Å²) >= 11 is 0. The standard InChI is InChI=1S/C19H30N2O4S/c1-12(2)20-10-15(22)11-25-17-9-8-16(21-26(3,23)24)18-13-4-6-14(7-5-13)19(17)18/h8-9,12-15,20-22H,4-7,10-11H2,1-3H3. The molecule has 4 rings (SSSR count). The number of hydrogen-bond acceptors (Lipinski definition) is 5. The molecule has 0 aliphatic heterocycles. The molecule has 1 fully saturated rings. The van der Waals surface area contributed by atoms with E-state index in [1.807, 2.05) is 19.9 Å². The number of benzene rings is 1. The van der Waals surface area contributed by atoms with Crippen LogP contribution < -0.4 is 14.8 Å². The lowest BCUT2D eigenvalue weighted by Crippen LogP contribution is -2.35. The second-order valence-corrected chi connectivity index (χ2v) is 9.64. The van der Waals surface area contributed by atoms with E-state index in [0.717, 1.165) is 42.6 Å². The van der Waals surface area contributed by atoms with E-state index in [4.69, 9.17) is 4.74 Å². The summed E-state index contributed by atoms with van der Waals surface area (Å²) in [6, 6.07) is 3.96. The van der Waals surface area contributed by atoms with E-state index in [-0.39, 0.29) is 6.61 Å². The van der Waals surface area contributed by atoms with Crippen molar-refractivity contribution in [3.63, 3.8) is 0 Å². The first-order chi connectivity index (χ1) is 12.2. The molecule has 0 heterocycles. The molecular weight excluding hydrogens is 352 g/mol. The van der Waals surface area contributed by atoms with Gasteiger partial charge in [-0.05, 0) is 55.2 Å². The summed E-state index contributed by atoms with van der Waals surface area (Å²) in [5, 5.41) is 13.3. The van der Waals surface area contributed by atoms with Gasteiger partial charge in [0.25, 0.3) is 0 Å². The van der Waals surface area contributed by atoms with Crippen LogP contribution in [0, 0.1) is 0 Å². The minimum atomic E-state index is -3.32. The molecule has 0 aromatic heterocycles. The molecule has 3 aliphatic rings. The number of rotatable bonds is 8. The van der Waals surface area contributed by atoms with Gasteiger partial charge in [-0.2, -0.15) is 0 Å². The molecular formula is C19H30N2O4S. The fourth-order valence-electron chi connectivity index (χ4n) is 4.18. The smallest absolute Gasteiger partial charge is 0.229 e. The van der Waals surface area contributed by atoms with E-state index in [1.54, 1.807) is 6.07 Å². The van der Waals surface area contributed by atoms with Gasteiger partial charge in [0, 0.05) is 18.2 Å². The van der Waals surface area contributed by atoms with Crippen molar-refractivity contribution in [2.75, 3.05) is 24.1 Å². The first-order valence-electron chi connectivity index (χ1n) is 9.43. The molecule has 6 nitrogen and oxygen atoms in total. The molecule has 3 aliphatic carbocycles. The van der Waals surface area contributed by atoms with Gasteiger partial charge in [-0.15, -0.1) is 0 Å². The zero-order chi connectivity index (χ0) is 18.9. The van der Waals surface area contributed by atoms with Gasteiger partial charge in [-0.25, -0.2) is 8.42 Å². The molecule has 2 bridgehead atoms. The maximum atomic E-state index is 11.7. The lowest BCUT2D eigenvalue weighted by atomic mass is 9.66. The number of hydrogen-bond donors (Lipinski definition) is 3. The van der Waals surface area contributed by atoms with Crippen molar-refractivity contribution >= 4 is 15.7 Å². The second-order valence-electron chi connectivity index (χ2n) is 7.89. The predicted molar refractivity (Wildman–Crippen MR) is 103 cm³/mol. The van der Waals surface area contributed by atoms with Gasteiger partial charge < -0.3 is 15.2 Å². The molecule has 1 aromatic rings. The highest BCUT2D eigenvalue weighted by atomic mass is 32.2. The maximum Gasteiger partial charge on any atom is 0.229 e. The summed E-state index contributed by atoms with van der Waals surface area (Å²) in [5.74, 6) is 1.59. The van der Waals surface area contributed by atoms with Crippen LogP contribution in [0.3, 0.4) is 0 Å². The third kappa shape index (κ3) is 4.50. The van der Waals surface area contributed by atoms with Crippen LogP contribution >= 0.6 is 0 Å².